The Bertz CT molecular complexity index is 579. The van der Waals surface area contributed by atoms with Crippen molar-refractivity contribution in [2.24, 2.45) is 0 Å². The van der Waals surface area contributed by atoms with E-state index in [4.69, 9.17) is 10.5 Å². The first-order valence-electron chi connectivity index (χ1n) is 6.65. The van der Waals surface area contributed by atoms with Crippen molar-refractivity contribution >= 4 is 17.1 Å². The van der Waals surface area contributed by atoms with E-state index in [1.54, 1.807) is 18.2 Å². The largest absolute Gasteiger partial charge is 0.493 e. The molecule has 0 aliphatic rings. The van der Waals surface area contributed by atoms with Gasteiger partial charge < -0.3 is 15.8 Å². The molecule has 0 fully saturated rings. The summed E-state index contributed by atoms with van der Waals surface area (Å²) in [6, 6.07) is 10.3. The van der Waals surface area contributed by atoms with Gasteiger partial charge in [0.1, 0.15) is 11.6 Å². The van der Waals surface area contributed by atoms with Gasteiger partial charge in [-0.05, 0) is 31.0 Å². The topological polar surface area (TPSA) is 47.3 Å². The normalized spacial score (nSPS) is 10.3. The molecule has 3 N–H and O–H groups in total. The predicted octanol–water partition coefficient (Wildman–Crippen LogP) is 4.25. The van der Waals surface area contributed by atoms with Crippen LogP contribution in [-0.4, -0.2) is 6.61 Å². The molecule has 0 radical (unpaired) electrons. The average molecular weight is 274 g/mol. The zero-order valence-electron chi connectivity index (χ0n) is 11.7. The Balaban J connectivity index is 2.27. The SMILES string of the molecule is CCCOc1cc(N)cc(Nc2c(C)cccc2F)c1. The van der Waals surface area contributed by atoms with Crippen molar-refractivity contribution in [3.63, 3.8) is 0 Å². The van der Waals surface area contributed by atoms with Crippen LogP contribution in [0.2, 0.25) is 0 Å². The molecule has 20 heavy (non-hydrogen) atoms. The van der Waals surface area contributed by atoms with Crippen LogP contribution in [0, 0.1) is 12.7 Å². The Morgan fingerprint density at radius 2 is 2.05 bits per heavy atom. The van der Waals surface area contributed by atoms with Gasteiger partial charge in [0.2, 0.25) is 0 Å². The van der Waals surface area contributed by atoms with E-state index in [2.05, 4.69) is 5.32 Å². The summed E-state index contributed by atoms with van der Waals surface area (Å²) in [4.78, 5) is 0. The van der Waals surface area contributed by atoms with Gasteiger partial charge in [0.05, 0.1) is 12.3 Å². The standard InChI is InChI=1S/C16H19FN2O/c1-3-7-20-14-9-12(18)8-13(10-14)19-16-11(2)5-4-6-15(16)17/h4-6,8-10,19H,3,7,18H2,1-2H3. The molecule has 0 aliphatic carbocycles. The molecular formula is C16H19FN2O. The summed E-state index contributed by atoms with van der Waals surface area (Å²) in [5.41, 5.74) is 8.43. The van der Waals surface area contributed by atoms with Gasteiger partial charge in [-0.15, -0.1) is 0 Å². The van der Waals surface area contributed by atoms with Crippen molar-refractivity contribution in [3.05, 3.63) is 47.8 Å². The number of para-hydroxylation sites is 1. The quantitative estimate of drug-likeness (QED) is 0.801. The Kier molecular flexibility index (Phi) is 4.45. The summed E-state index contributed by atoms with van der Waals surface area (Å²) in [5, 5.41) is 3.06. The van der Waals surface area contributed by atoms with E-state index in [-0.39, 0.29) is 5.82 Å². The third kappa shape index (κ3) is 3.41. The fourth-order valence-electron chi connectivity index (χ4n) is 1.93. The van der Waals surface area contributed by atoms with Gasteiger partial charge in [-0.1, -0.05) is 19.1 Å². The Hall–Kier alpha value is -2.23. The van der Waals surface area contributed by atoms with Crippen molar-refractivity contribution < 1.29 is 9.13 Å². The maximum Gasteiger partial charge on any atom is 0.146 e. The molecule has 0 spiro atoms. The number of aryl methyl sites for hydroxylation is 1. The second-order valence-electron chi connectivity index (χ2n) is 4.70. The zero-order chi connectivity index (χ0) is 14.5. The van der Waals surface area contributed by atoms with Gasteiger partial charge in [-0.3, -0.25) is 0 Å². The lowest BCUT2D eigenvalue weighted by atomic mass is 10.1. The summed E-state index contributed by atoms with van der Waals surface area (Å²) < 4.78 is 19.4. The fourth-order valence-corrected chi connectivity index (χ4v) is 1.93. The Morgan fingerprint density at radius 1 is 1.25 bits per heavy atom. The molecule has 2 aromatic carbocycles. The van der Waals surface area contributed by atoms with Crippen LogP contribution in [0.3, 0.4) is 0 Å². The summed E-state index contributed by atoms with van der Waals surface area (Å²) in [6.07, 6.45) is 0.921. The van der Waals surface area contributed by atoms with Crippen LogP contribution in [0.25, 0.3) is 0 Å². The highest BCUT2D eigenvalue weighted by molar-refractivity contribution is 5.68. The summed E-state index contributed by atoms with van der Waals surface area (Å²) >= 11 is 0. The lowest BCUT2D eigenvalue weighted by Crippen LogP contribution is -2.00. The van der Waals surface area contributed by atoms with Gasteiger partial charge in [-0.2, -0.15) is 0 Å². The molecule has 0 unspecified atom stereocenters. The number of anilines is 3. The highest BCUT2D eigenvalue weighted by Crippen LogP contribution is 2.28. The number of hydrogen-bond acceptors (Lipinski definition) is 3. The van der Waals surface area contributed by atoms with Crippen molar-refractivity contribution in [1.82, 2.24) is 0 Å². The molecule has 0 atom stereocenters. The van der Waals surface area contributed by atoms with Crippen LogP contribution < -0.4 is 15.8 Å². The first-order valence-corrected chi connectivity index (χ1v) is 6.65. The minimum absolute atomic E-state index is 0.288. The number of nitrogens with one attached hydrogen (secondary N) is 1. The summed E-state index contributed by atoms with van der Waals surface area (Å²) in [5.74, 6) is 0.395. The Morgan fingerprint density at radius 3 is 2.75 bits per heavy atom. The lowest BCUT2D eigenvalue weighted by Gasteiger charge is -2.13. The number of nitrogen functional groups attached to an aromatic ring is 1. The van der Waals surface area contributed by atoms with E-state index in [9.17, 15) is 4.39 Å². The average Bonchev–Trinajstić information content (AvgIpc) is 2.40. The van der Waals surface area contributed by atoms with Crippen LogP contribution in [0.15, 0.2) is 36.4 Å². The van der Waals surface area contributed by atoms with E-state index in [1.807, 2.05) is 26.0 Å². The maximum atomic E-state index is 13.8. The number of benzene rings is 2. The molecule has 0 saturated carbocycles. The third-order valence-corrected chi connectivity index (χ3v) is 2.89. The van der Waals surface area contributed by atoms with Gasteiger partial charge in [-0.25, -0.2) is 4.39 Å². The van der Waals surface area contributed by atoms with Gasteiger partial charge >= 0.3 is 0 Å². The Labute approximate surface area is 118 Å². The molecule has 4 heteroatoms. The molecule has 0 aromatic heterocycles. The second kappa shape index (κ2) is 6.28. The van der Waals surface area contributed by atoms with Crippen LogP contribution in [0.5, 0.6) is 5.75 Å². The number of nitrogens with two attached hydrogens (primary N) is 1. The van der Waals surface area contributed by atoms with E-state index >= 15 is 0 Å². The first-order chi connectivity index (χ1) is 9.60. The van der Waals surface area contributed by atoms with Crippen LogP contribution in [-0.2, 0) is 0 Å². The molecule has 106 valence electrons. The van der Waals surface area contributed by atoms with Crippen LogP contribution in [0.1, 0.15) is 18.9 Å². The number of ether oxygens (including phenoxy) is 1. The predicted molar refractivity (Wildman–Crippen MR) is 81.1 cm³/mol. The third-order valence-electron chi connectivity index (χ3n) is 2.89. The monoisotopic (exact) mass is 274 g/mol. The maximum absolute atomic E-state index is 13.8. The summed E-state index contributed by atoms with van der Waals surface area (Å²) in [7, 11) is 0. The highest BCUT2D eigenvalue weighted by atomic mass is 19.1. The molecular weight excluding hydrogens is 255 g/mol. The molecule has 0 heterocycles. The van der Waals surface area contributed by atoms with Crippen LogP contribution in [0.4, 0.5) is 21.5 Å². The van der Waals surface area contributed by atoms with Crippen molar-refractivity contribution in [2.75, 3.05) is 17.7 Å². The number of halogens is 1. The number of rotatable bonds is 5. The highest BCUT2D eigenvalue weighted by Gasteiger charge is 2.07. The minimum Gasteiger partial charge on any atom is -0.493 e. The lowest BCUT2D eigenvalue weighted by molar-refractivity contribution is 0.318. The van der Waals surface area contributed by atoms with Crippen molar-refractivity contribution in [1.29, 1.82) is 0 Å². The van der Waals surface area contributed by atoms with Gasteiger partial charge in [0, 0.05) is 23.5 Å². The first kappa shape index (κ1) is 14.2. The van der Waals surface area contributed by atoms with E-state index in [0.717, 1.165) is 12.0 Å². The summed E-state index contributed by atoms with van der Waals surface area (Å²) in [6.45, 7) is 4.52. The smallest absolute Gasteiger partial charge is 0.146 e. The molecule has 0 bridgehead atoms. The molecule has 2 aromatic rings. The molecule has 3 nitrogen and oxygen atoms in total. The van der Waals surface area contributed by atoms with Crippen molar-refractivity contribution in [2.45, 2.75) is 20.3 Å². The van der Waals surface area contributed by atoms with Crippen LogP contribution >= 0.6 is 0 Å². The van der Waals surface area contributed by atoms with E-state index < -0.39 is 0 Å². The number of hydrogen-bond donors (Lipinski definition) is 2. The van der Waals surface area contributed by atoms with Gasteiger partial charge in [0.15, 0.2) is 0 Å². The van der Waals surface area contributed by atoms with E-state index in [0.29, 0.717) is 29.4 Å². The molecule has 2 rings (SSSR count). The zero-order valence-corrected chi connectivity index (χ0v) is 11.7. The fraction of sp³-hybridized carbons (Fsp3) is 0.250. The van der Waals surface area contributed by atoms with E-state index in [1.165, 1.54) is 6.07 Å². The molecule has 0 aliphatic heterocycles. The molecule has 0 saturated heterocycles. The van der Waals surface area contributed by atoms with Crippen molar-refractivity contribution in [3.8, 4) is 5.75 Å². The minimum atomic E-state index is -0.288. The molecule has 0 amide bonds. The second-order valence-corrected chi connectivity index (χ2v) is 4.70. The van der Waals surface area contributed by atoms with Gasteiger partial charge in [0.25, 0.3) is 0 Å².